The summed E-state index contributed by atoms with van der Waals surface area (Å²) >= 11 is 6.90. The first-order valence-corrected chi connectivity index (χ1v) is 6.07. The summed E-state index contributed by atoms with van der Waals surface area (Å²) in [6.07, 6.45) is 0. The lowest BCUT2D eigenvalue weighted by molar-refractivity contribution is 0.0996. The molecular weight excluding hydrogens is 258 g/mol. The number of halogens is 1. The third-order valence-electron chi connectivity index (χ3n) is 2.36. The molecule has 0 aliphatic rings. The average molecular weight is 268 g/mol. The van der Waals surface area contributed by atoms with E-state index in [1.54, 1.807) is 43.1 Å². The fraction of sp³-hybridized carbons (Fsp3) is 0.182. The van der Waals surface area contributed by atoms with Crippen molar-refractivity contribution in [3.8, 4) is 0 Å². The second-order valence-corrected chi connectivity index (χ2v) is 4.72. The Kier molecular flexibility index (Phi) is 3.40. The quantitative estimate of drug-likeness (QED) is 0.841. The van der Waals surface area contributed by atoms with Crippen LogP contribution < -0.4 is 4.90 Å². The molecule has 0 aliphatic heterocycles. The number of amides is 1. The van der Waals surface area contributed by atoms with Gasteiger partial charge in [0.05, 0.1) is 5.69 Å². The normalized spacial score (nSPS) is 10.3. The molecular formula is C11H10ClN3OS. The van der Waals surface area contributed by atoms with Crippen LogP contribution in [0.15, 0.2) is 24.3 Å². The van der Waals surface area contributed by atoms with Crippen molar-refractivity contribution in [3.05, 3.63) is 39.9 Å². The van der Waals surface area contributed by atoms with Gasteiger partial charge in [-0.3, -0.25) is 4.79 Å². The minimum Gasteiger partial charge on any atom is -0.311 e. The van der Waals surface area contributed by atoms with Gasteiger partial charge in [-0.25, -0.2) is 0 Å². The molecule has 1 amide bonds. The molecule has 17 heavy (non-hydrogen) atoms. The van der Waals surface area contributed by atoms with Gasteiger partial charge in [0.25, 0.3) is 5.91 Å². The van der Waals surface area contributed by atoms with E-state index in [4.69, 9.17) is 11.6 Å². The first kappa shape index (κ1) is 12.0. The molecule has 0 fully saturated rings. The molecule has 0 unspecified atom stereocenters. The minimum atomic E-state index is -0.111. The van der Waals surface area contributed by atoms with Crippen LogP contribution in [0.1, 0.15) is 15.4 Å². The van der Waals surface area contributed by atoms with Crippen LogP contribution in [0.2, 0.25) is 5.02 Å². The zero-order valence-electron chi connectivity index (χ0n) is 9.35. The van der Waals surface area contributed by atoms with E-state index in [0.29, 0.717) is 15.6 Å². The maximum absolute atomic E-state index is 12.1. The van der Waals surface area contributed by atoms with Crippen molar-refractivity contribution >= 4 is 34.7 Å². The maximum Gasteiger partial charge on any atom is 0.271 e. The molecule has 0 N–H and O–H groups in total. The van der Waals surface area contributed by atoms with E-state index in [1.807, 2.05) is 0 Å². The molecule has 4 nitrogen and oxygen atoms in total. The SMILES string of the molecule is Cc1nnsc1C(=O)N(C)c1ccc(Cl)cc1. The molecule has 0 saturated carbocycles. The number of hydrogen-bond donors (Lipinski definition) is 0. The monoisotopic (exact) mass is 267 g/mol. The standard InChI is InChI=1S/C11H10ClN3OS/c1-7-10(17-14-13-7)11(16)15(2)9-5-3-8(12)4-6-9/h3-6H,1-2H3. The predicted molar refractivity (Wildman–Crippen MR) is 68.8 cm³/mol. The Labute approximate surface area is 108 Å². The molecule has 2 aromatic rings. The van der Waals surface area contributed by atoms with Crippen LogP contribution in [0.5, 0.6) is 0 Å². The summed E-state index contributed by atoms with van der Waals surface area (Å²) in [4.78, 5) is 14.2. The zero-order chi connectivity index (χ0) is 12.4. The molecule has 1 aromatic heterocycles. The van der Waals surface area contributed by atoms with Gasteiger partial charge in [0.2, 0.25) is 0 Å². The number of aromatic nitrogens is 2. The van der Waals surface area contributed by atoms with Crippen molar-refractivity contribution < 1.29 is 4.79 Å². The smallest absolute Gasteiger partial charge is 0.271 e. The summed E-state index contributed by atoms with van der Waals surface area (Å²) in [5.41, 5.74) is 1.44. The van der Waals surface area contributed by atoms with Crippen LogP contribution >= 0.6 is 23.1 Å². The molecule has 0 spiro atoms. The Hall–Kier alpha value is -1.46. The van der Waals surface area contributed by atoms with Crippen LogP contribution in [0.3, 0.4) is 0 Å². The number of benzene rings is 1. The lowest BCUT2D eigenvalue weighted by atomic mass is 10.2. The Bertz CT molecular complexity index is 538. The van der Waals surface area contributed by atoms with Crippen LogP contribution in [-0.2, 0) is 0 Å². The van der Waals surface area contributed by atoms with E-state index in [-0.39, 0.29) is 5.91 Å². The second kappa shape index (κ2) is 4.81. The van der Waals surface area contributed by atoms with Crippen molar-refractivity contribution in [2.24, 2.45) is 0 Å². The van der Waals surface area contributed by atoms with Crippen molar-refractivity contribution in [2.45, 2.75) is 6.92 Å². The summed E-state index contributed by atoms with van der Waals surface area (Å²) in [5.74, 6) is -0.111. The number of carbonyl (C=O) groups excluding carboxylic acids is 1. The highest BCUT2D eigenvalue weighted by Gasteiger charge is 2.18. The second-order valence-electron chi connectivity index (χ2n) is 3.53. The first-order valence-electron chi connectivity index (χ1n) is 4.92. The largest absolute Gasteiger partial charge is 0.311 e. The fourth-order valence-electron chi connectivity index (χ4n) is 1.36. The Morgan fingerprint density at radius 2 is 2.00 bits per heavy atom. The lowest BCUT2D eigenvalue weighted by Gasteiger charge is -2.16. The van der Waals surface area contributed by atoms with Crippen LogP contribution in [0.4, 0.5) is 5.69 Å². The van der Waals surface area contributed by atoms with E-state index in [0.717, 1.165) is 17.2 Å². The first-order chi connectivity index (χ1) is 8.09. The van der Waals surface area contributed by atoms with E-state index in [2.05, 4.69) is 9.59 Å². The van der Waals surface area contributed by atoms with Crippen LogP contribution in [0.25, 0.3) is 0 Å². The Balaban J connectivity index is 2.26. The molecule has 1 heterocycles. The number of hydrogen-bond acceptors (Lipinski definition) is 4. The molecule has 88 valence electrons. The van der Waals surface area contributed by atoms with Gasteiger partial charge < -0.3 is 4.90 Å². The Morgan fingerprint density at radius 3 is 2.53 bits per heavy atom. The highest BCUT2D eigenvalue weighted by molar-refractivity contribution is 7.08. The summed E-state index contributed by atoms with van der Waals surface area (Å²) < 4.78 is 3.76. The van der Waals surface area contributed by atoms with Crippen molar-refractivity contribution in [3.63, 3.8) is 0 Å². The highest BCUT2D eigenvalue weighted by atomic mass is 35.5. The van der Waals surface area contributed by atoms with Gasteiger partial charge >= 0.3 is 0 Å². The summed E-state index contributed by atoms with van der Waals surface area (Å²) in [6.45, 7) is 1.77. The van der Waals surface area contributed by atoms with E-state index in [9.17, 15) is 4.79 Å². The summed E-state index contributed by atoms with van der Waals surface area (Å²) in [6, 6.07) is 7.09. The van der Waals surface area contributed by atoms with Gasteiger partial charge in [-0.1, -0.05) is 16.1 Å². The van der Waals surface area contributed by atoms with Crippen LogP contribution in [0, 0.1) is 6.92 Å². The molecule has 0 aliphatic carbocycles. The van der Waals surface area contributed by atoms with E-state index >= 15 is 0 Å². The van der Waals surface area contributed by atoms with Crippen molar-refractivity contribution in [1.82, 2.24) is 9.59 Å². The average Bonchev–Trinajstić information content (AvgIpc) is 2.74. The van der Waals surface area contributed by atoms with Crippen molar-refractivity contribution in [2.75, 3.05) is 11.9 Å². The molecule has 0 bridgehead atoms. The molecule has 0 radical (unpaired) electrons. The number of carbonyl (C=O) groups is 1. The minimum absolute atomic E-state index is 0.111. The third kappa shape index (κ3) is 2.45. The van der Waals surface area contributed by atoms with Gasteiger partial charge in [0.15, 0.2) is 0 Å². The van der Waals surface area contributed by atoms with E-state index in [1.165, 1.54) is 0 Å². The van der Waals surface area contributed by atoms with E-state index < -0.39 is 0 Å². The van der Waals surface area contributed by atoms with Crippen molar-refractivity contribution in [1.29, 1.82) is 0 Å². The number of nitrogens with zero attached hydrogens (tertiary/aromatic N) is 3. The Morgan fingerprint density at radius 1 is 1.35 bits per heavy atom. The predicted octanol–water partition coefficient (Wildman–Crippen LogP) is 2.78. The number of rotatable bonds is 2. The highest BCUT2D eigenvalue weighted by Crippen LogP contribution is 2.20. The van der Waals surface area contributed by atoms with Gasteiger partial charge in [-0.05, 0) is 42.7 Å². The van der Waals surface area contributed by atoms with Gasteiger partial charge in [-0.2, -0.15) is 0 Å². The van der Waals surface area contributed by atoms with Gasteiger partial charge in [0.1, 0.15) is 4.88 Å². The lowest BCUT2D eigenvalue weighted by Crippen LogP contribution is -2.25. The summed E-state index contributed by atoms with van der Waals surface area (Å²) in [7, 11) is 1.71. The molecule has 1 aromatic carbocycles. The molecule has 0 saturated heterocycles. The van der Waals surface area contributed by atoms with Gasteiger partial charge in [0, 0.05) is 17.8 Å². The van der Waals surface area contributed by atoms with Crippen LogP contribution in [-0.4, -0.2) is 22.5 Å². The zero-order valence-corrected chi connectivity index (χ0v) is 10.9. The molecule has 6 heteroatoms. The number of aryl methyl sites for hydroxylation is 1. The summed E-state index contributed by atoms with van der Waals surface area (Å²) in [5, 5.41) is 4.47. The maximum atomic E-state index is 12.1. The van der Waals surface area contributed by atoms with Gasteiger partial charge in [-0.15, -0.1) is 5.10 Å². The third-order valence-corrected chi connectivity index (χ3v) is 3.43. The molecule has 2 rings (SSSR count). The number of anilines is 1. The topological polar surface area (TPSA) is 46.1 Å². The molecule has 0 atom stereocenters. The fourth-order valence-corrected chi connectivity index (χ4v) is 2.12.